The van der Waals surface area contributed by atoms with E-state index in [0.717, 1.165) is 11.1 Å². The van der Waals surface area contributed by atoms with Crippen LogP contribution in [-0.4, -0.2) is 0 Å². The van der Waals surface area contributed by atoms with Crippen molar-refractivity contribution in [3.63, 3.8) is 0 Å². The second-order valence-electron chi connectivity index (χ2n) is 7.09. The van der Waals surface area contributed by atoms with Gasteiger partial charge in [0.05, 0.1) is 5.92 Å². The van der Waals surface area contributed by atoms with Gasteiger partial charge in [-0.05, 0) is 22.6 Å². The third kappa shape index (κ3) is 2.69. The molecule has 0 fully saturated rings. The first-order chi connectivity index (χ1) is 11.3. The molecule has 1 aliphatic rings. The fraction of sp³-hybridized carbons (Fsp3) is 0.250. The molecule has 2 aromatic carbocycles. The lowest BCUT2D eigenvalue weighted by Gasteiger charge is -2.27. The Morgan fingerprint density at radius 1 is 1.04 bits per heavy atom. The van der Waals surface area contributed by atoms with Crippen LogP contribution in [0.15, 0.2) is 53.9 Å². The highest BCUT2D eigenvalue weighted by Gasteiger charge is 2.30. The Kier molecular flexibility index (Phi) is 3.73. The number of fused-ring (bicyclic) bond motifs is 1. The maximum absolute atomic E-state index is 9.56. The molecule has 1 atom stereocenters. The molecule has 0 radical (unpaired) electrons. The number of nitrogens with two attached hydrogens (primary N) is 2. The molecule has 0 bridgehead atoms. The molecule has 2 aromatic rings. The van der Waals surface area contributed by atoms with Gasteiger partial charge >= 0.3 is 0 Å². The number of rotatable bonds is 1. The van der Waals surface area contributed by atoms with Crippen LogP contribution in [0.25, 0.3) is 0 Å². The predicted octanol–water partition coefficient (Wildman–Crippen LogP) is 3.78. The number of nitrogen functional groups attached to an aromatic ring is 1. The van der Waals surface area contributed by atoms with Gasteiger partial charge < -0.3 is 16.2 Å². The number of nitriles is 1. The van der Waals surface area contributed by atoms with Gasteiger partial charge in [0.1, 0.15) is 17.4 Å². The third-order valence-electron chi connectivity index (χ3n) is 4.35. The van der Waals surface area contributed by atoms with Gasteiger partial charge in [-0.15, -0.1) is 0 Å². The number of allylic oxidation sites excluding steroid dienone is 1. The lowest BCUT2D eigenvalue weighted by atomic mass is 9.81. The van der Waals surface area contributed by atoms with Crippen molar-refractivity contribution in [2.45, 2.75) is 32.1 Å². The van der Waals surface area contributed by atoms with Crippen LogP contribution in [-0.2, 0) is 5.41 Å². The Morgan fingerprint density at radius 2 is 1.71 bits per heavy atom. The average Bonchev–Trinajstić information content (AvgIpc) is 2.52. The van der Waals surface area contributed by atoms with Gasteiger partial charge in [-0.25, -0.2) is 0 Å². The molecule has 4 N–H and O–H groups in total. The van der Waals surface area contributed by atoms with E-state index in [2.05, 4.69) is 51.1 Å². The highest BCUT2D eigenvalue weighted by Crippen LogP contribution is 2.43. The van der Waals surface area contributed by atoms with E-state index in [1.54, 1.807) is 6.07 Å². The van der Waals surface area contributed by atoms with E-state index in [4.69, 9.17) is 16.2 Å². The van der Waals surface area contributed by atoms with Crippen LogP contribution in [0.1, 0.15) is 43.4 Å². The molecule has 0 amide bonds. The van der Waals surface area contributed by atoms with Crippen LogP contribution < -0.4 is 16.2 Å². The van der Waals surface area contributed by atoms with E-state index in [1.807, 2.05) is 12.1 Å². The summed E-state index contributed by atoms with van der Waals surface area (Å²) in [6.45, 7) is 6.52. The number of hydrogen-bond donors (Lipinski definition) is 2. The molecule has 0 spiro atoms. The van der Waals surface area contributed by atoms with Crippen molar-refractivity contribution in [1.82, 2.24) is 0 Å². The molecule has 0 aromatic heterocycles. The molecule has 0 aliphatic carbocycles. The van der Waals surface area contributed by atoms with Crippen molar-refractivity contribution in [2.75, 3.05) is 5.73 Å². The Bertz CT molecular complexity index is 852. The summed E-state index contributed by atoms with van der Waals surface area (Å²) in [7, 11) is 0. The van der Waals surface area contributed by atoms with Crippen molar-refractivity contribution in [3.05, 3.63) is 70.6 Å². The second kappa shape index (κ2) is 5.61. The second-order valence-corrected chi connectivity index (χ2v) is 7.09. The van der Waals surface area contributed by atoms with Gasteiger partial charge in [0.2, 0.25) is 5.88 Å². The van der Waals surface area contributed by atoms with Gasteiger partial charge in [0.15, 0.2) is 0 Å². The fourth-order valence-corrected chi connectivity index (χ4v) is 2.99. The van der Waals surface area contributed by atoms with E-state index in [1.165, 1.54) is 5.56 Å². The summed E-state index contributed by atoms with van der Waals surface area (Å²) >= 11 is 0. The van der Waals surface area contributed by atoms with Crippen LogP contribution in [0.4, 0.5) is 5.69 Å². The van der Waals surface area contributed by atoms with Crippen molar-refractivity contribution in [3.8, 4) is 11.8 Å². The van der Waals surface area contributed by atoms with Crippen molar-refractivity contribution < 1.29 is 4.74 Å². The van der Waals surface area contributed by atoms with Crippen LogP contribution in [0, 0.1) is 11.3 Å². The van der Waals surface area contributed by atoms with Gasteiger partial charge in [-0.1, -0.05) is 51.1 Å². The topological polar surface area (TPSA) is 85.1 Å². The van der Waals surface area contributed by atoms with Crippen LogP contribution in [0.3, 0.4) is 0 Å². The standard InChI is InChI=1S/C20H21N3O/c1-20(2,3)13-6-4-12(5-7-13)18-15-9-8-14(22)10-17(15)24-19(23)16(18)11-21/h4-10,18H,22-23H2,1-3H3. The third-order valence-corrected chi connectivity index (χ3v) is 4.35. The summed E-state index contributed by atoms with van der Waals surface area (Å²) in [5.74, 6) is 0.505. The molecule has 0 saturated heterocycles. The minimum atomic E-state index is -0.242. The lowest BCUT2D eigenvalue weighted by molar-refractivity contribution is 0.394. The first-order valence-electron chi connectivity index (χ1n) is 7.88. The molecule has 122 valence electrons. The highest BCUT2D eigenvalue weighted by atomic mass is 16.5. The number of nitrogens with zero attached hydrogens (tertiary/aromatic N) is 1. The van der Waals surface area contributed by atoms with E-state index >= 15 is 0 Å². The van der Waals surface area contributed by atoms with E-state index < -0.39 is 0 Å². The minimum absolute atomic E-state index is 0.0769. The zero-order valence-electron chi connectivity index (χ0n) is 14.1. The maximum Gasteiger partial charge on any atom is 0.205 e. The Hall–Kier alpha value is -2.93. The lowest BCUT2D eigenvalue weighted by Crippen LogP contribution is -2.21. The normalized spacial score (nSPS) is 17.0. The molecule has 0 saturated carbocycles. The molecular weight excluding hydrogens is 298 g/mol. The number of anilines is 1. The molecule has 1 aliphatic heterocycles. The fourth-order valence-electron chi connectivity index (χ4n) is 2.99. The van der Waals surface area contributed by atoms with E-state index in [0.29, 0.717) is 17.0 Å². The summed E-state index contributed by atoms with van der Waals surface area (Å²) in [6.07, 6.45) is 0. The zero-order chi connectivity index (χ0) is 17.5. The Morgan fingerprint density at radius 3 is 2.29 bits per heavy atom. The molecule has 4 nitrogen and oxygen atoms in total. The van der Waals surface area contributed by atoms with E-state index in [9.17, 15) is 5.26 Å². The molecule has 4 heteroatoms. The van der Waals surface area contributed by atoms with Crippen molar-refractivity contribution in [2.24, 2.45) is 5.73 Å². The molecule has 24 heavy (non-hydrogen) atoms. The van der Waals surface area contributed by atoms with Gasteiger partial charge in [-0.3, -0.25) is 0 Å². The number of benzene rings is 2. The van der Waals surface area contributed by atoms with Gasteiger partial charge in [0, 0.05) is 17.3 Å². The molecule has 1 heterocycles. The smallest absolute Gasteiger partial charge is 0.205 e. The van der Waals surface area contributed by atoms with Gasteiger partial charge in [0.25, 0.3) is 0 Å². The average molecular weight is 319 g/mol. The maximum atomic E-state index is 9.56. The van der Waals surface area contributed by atoms with E-state index in [-0.39, 0.29) is 17.2 Å². The largest absolute Gasteiger partial charge is 0.440 e. The predicted molar refractivity (Wildman–Crippen MR) is 95.3 cm³/mol. The summed E-state index contributed by atoms with van der Waals surface area (Å²) < 4.78 is 5.60. The van der Waals surface area contributed by atoms with Gasteiger partial charge in [-0.2, -0.15) is 5.26 Å². The van der Waals surface area contributed by atoms with Crippen LogP contribution >= 0.6 is 0 Å². The monoisotopic (exact) mass is 319 g/mol. The summed E-state index contributed by atoms with van der Waals surface area (Å²) in [5, 5.41) is 9.56. The van der Waals surface area contributed by atoms with Crippen molar-refractivity contribution >= 4 is 5.69 Å². The zero-order valence-corrected chi connectivity index (χ0v) is 14.1. The summed E-state index contributed by atoms with van der Waals surface area (Å²) in [6, 6.07) is 16.0. The molecule has 1 unspecified atom stereocenters. The Labute approximate surface area is 142 Å². The summed E-state index contributed by atoms with van der Waals surface area (Å²) in [5.41, 5.74) is 16.1. The van der Waals surface area contributed by atoms with Crippen LogP contribution in [0.5, 0.6) is 5.75 Å². The highest BCUT2D eigenvalue weighted by molar-refractivity contribution is 5.59. The first-order valence-corrected chi connectivity index (χ1v) is 7.88. The Balaban J connectivity index is 2.13. The number of hydrogen-bond acceptors (Lipinski definition) is 4. The van der Waals surface area contributed by atoms with Crippen LogP contribution in [0.2, 0.25) is 0 Å². The quantitative estimate of drug-likeness (QED) is 0.783. The minimum Gasteiger partial charge on any atom is -0.440 e. The number of ether oxygens (including phenoxy) is 1. The van der Waals surface area contributed by atoms with Crippen molar-refractivity contribution in [1.29, 1.82) is 5.26 Å². The summed E-state index contributed by atoms with van der Waals surface area (Å²) in [4.78, 5) is 0. The first kappa shape index (κ1) is 15.9. The SMILES string of the molecule is CC(C)(C)c1ccc(C2C(C#N)=C(N)Oc3cc(N)ccc32)cc1. The molecular formula is C20H21N3O. The molecule has 3 rings (SSSR count).